The average Bonchev–Trinajstić information content (AvgIpc) is 3.16. The lowest BCUT2D eigenvalue weighted by molar-refractivity contribution is -0.132. The Morgan fingerprint density at radius 1 is 0.897 bits per heavy atom. The molecule has 2 amide bonds. The summed E-state index contributed by atoms with van der Waals surface area (Å²) in [7, 11) is 0. The van der Waals surface area contributed by atoms with Crippen molar-refractivity contribution in [3.8, 4) is 5.69 Å². The van der Waals surface area contributed by atoms with Crippen LogP contribution in [0.1, 0.15) is 36.0 Å². The summed E-state index contributed by atoms with van der Waals surface area (Å²) in [5.41, 5.74) is 1.37. The summed E-state index contributed by atoms with van der Waals surface area (Å²) in [6.07, 6.45) is 6.16. The van der Waals surface area contributed by atoms with Crippen molar-refractivity contribution >= 4 is 11.8 Å². The number of carbonyl (C=O) groups is 2. The Morgan fingerprint density at radius 2 is 1.66 bits per heavy atom. The minimum absolute atomic E-state index is 0.00146. The molecule has 0 saturated carbocycles. The summed E-state index contributed by atoms with van der Waals surface area (Å²) in [6, 6.07) is 7.30. The van der Waals surface area contributed by atoms with Crippen LogP contribution in [0.15, 0.2) is 30.6 Å². The van der Waals surface area contributed by atoms with Crippen molar-refractivity contribution in [3.63, 3.8) is 0 Å². The molecule has 0 spiro atoms. The van der Waals surface area contributed by atoms with Crippen molar-refractivity contribution < 1.29 is 9.59 Å². The molecule has 2 aromatic rings. The van der Waals surface area contributed by atoms with E-state index in [1.165, 1.54) is 23.9 Å². The summed E-state index contributed by atoms with van der Waals surface area (Å²) in [5, 5.41) is 11.1. The van der Waals surface area contributed by atoms with Crippen LogP contribution in [0.5, 0.6) is 0 Å². The van der Waals surface area contributed by atoms with Gasteiger partial charge >= 0.3 is 0 Å². The summed E-state index contributed by atoms with van der Waals surface area (Å²) in [6.45, 7) is 4.92. The first-order chi connectivity index (χ1) is 14.2. The van der Waals surface area contributed by atoms with Crippen LogP contribution in [0.25, 0.3) is 5.69 Å². The van der Waals surface area contributed by atoms with Crippen molar-refractivity contribution in [2.45, 2.75) is 25.7 Å². The van der Waals surface area contributed by atoms with Gasteiger partial charge in [0.05, 0.1) is 12.2 Å². The van der Waals surface area contributed by atoms with Gasteiger partial charge in [0, 0.05) is 44.8 Å². The van der Waals surface area contributed by atoms with Crippen LogP contribution in [0.2, 0.25) is 0 Å². The Bertz CT molecular complexity index is 823. The van der Waals surface area contributed by atoms with Crippen molar-refractivity contribution in [1.29, 1.82) is 0 Å². The maximum Gasteiger partial charge on any atom is 0.254 e. The number of carbonyl (C=O) groups excluding carboxylic acids is 2. The lowest BCUT2D eigenvalue weighted by atomic mass is 10.1. The minimum Gasteiger partial charge on any atom is -0.342 e. The molecule has 0 unspecified atom stereocenters. The molecule has 0 atom stereocenters. The van der Waals surface area contributed by atoms with E-state index in [4.69, 9.17) is 0 Å². The molecule has 2 aliphatic rings. The van der Waals surface area contributed by atoms with Crippen LogP contribution in [0.4, 0.5) is 0 Å². The molecule has 29 heavy (non-hydrogen) atoms. The van der Waals surface area contributed by atoms with Gasteiger partial charge in [-0.25, -0.2) is 4.68 Å². The zero-order valence-corrected chi connectivity index (χ0v) is 16.6. The summed E-state index contributed by atoms with van der Waals surface area (Å²) >= 11 is 0. The largest absolute Gasteiger partial charge is 0.342 e. The molecule has 9 nitrogen and oxygen atoms in total. The zero-order chi connectivity index (χ0) is 20.1. The summed E-state index contributed by atoms with van der Waals surface area (Å²) in [4.78, 5) is 31.5. The van der Waals surface area contributed by atoms with Gasteiger partial charge in [-0.15, -0.1) is 5.10 Å². The van der Waals surface area contributed by atoms with Gasteiger partial charge in [0.2, 0.25) is 5.91 Å². The fourth-order valence-corrected chi connectivity index (χ4v) is 3.96. The molecule has 1 aromatic heterocycles. The normalized spacial score (nSPS) is 18.5. The van der Waals surface area contributed by atoms with Gasteiger partial charge in [0.15, 0.2) is 0 Å². The van der Waals surface area contributed by atoms with Crippen LogP contribution >= 0.6 is 0 Å². The Labute approximate surface area is 170 Å². The molecule has 9 heteroatoms. The second-order valence-electron chi connectivity index (χ2n) is 7.67. The third kappa shape index (κ3) is 4.79. The number of likely N-dealkylation sites (tertiary alicyclic amines) is 1. The molecule has 2 fully saturated rings. The predicted molar refractivity (Wildman–Crippen MR) is 107 cm³/mol. The second kappa shape index (κ2) is 9.13. The Kier molecular flexibility index (Phi) is 6.14. The quantitative estimate of drug-likeness (QED) is 0.759. The standard InChI is InChI=1S/C20H27N7O2/c28-19(25-8-3-1-2-4-9-25)15-24-10-12-26(13-11-24)20(29)17-6-5-7-18(14-17)27-16-21-22-23-27/h5-7,14,16H,1-4,8-13,15H2. The molecular formula is C20H27N7O2. The highest BCUT2D eigenvalue weighted by molar-refractivity contribution is 5.94. The number of nitrogens with zero attached hydrogens (tertiary/aromatic N) is 7. The van der Waals surface area contributed by atoms with Crippen LogP contribution in [-0.2, 0) is 4.79 Å². The second-order valence-corrected chi connectivity index (χ2v) is 7.67. The lowest BCUT2D eigenvalue weighted by Crippen LogP contribution is -2.51. The SMILES string of the molecule is O=C(CN1CCN(C(=O)c2cccc(-n3cnnn3)c2)CC1)N1CCCCCC1. The molecule has 3 heterocycles. The first kappa shape index (κ1) is 19.5. The first-order valence-corrected chi connectivity index (χ1v) is 10.3. The maximum absolute atomic E-state index is 12.9. The summed E-state index contributed by atoms with van der Waals surface area (Å²) < 4.78 is 1.53. The number of hydrogen-bond donors (Lipinski definition) is 0. The van der Waals surface area contributed by atoms with E-state index in [1.807, 2.05) is 28.0 Å². The summed E-state index contributed by atoms with van der Waals surface area (Å²) in [5.74, 6) is 0.222. The van der Waals surface area contributed by atoms with Gasteiger partial charge in [-0.3, -0.25) is 14.5 Å². The van der Waals surface area contributed by atoms with E-state index in [0.717, 1.165) is 44.7 Å². The molecule has 0 bridgehead atoms. The number of aromatic nitrogens is 4. The Morgan fingerprint density at radius 3 is 2.34 bits per heavy atom. The van der Waals surface area contributed by atoms with Crippen LogP contribution in [0.3, 0.4) is 0 Å². The third-order valence-electron chi connectivity index (χ3n) is 5.68. The van der Waals surface area contributed by atoms with E-state index >= 15 is 0 Å². The van der Waals surface area contributed by atoms with Gasteiger partial charge < -0.3 is 9.80 Å². The number of piperazine rings is 1. The molecule has 0 N–H and O–H groups in total. The van der Waals surface area contributed by atoms with E-state index in [2.05, 4.69) is 20.4 Å². The lowest BCUT2D eigenvalue weighted by Gasteiger charge is -2.35. The molecule has 1 aromatic carbocycles. The van der Waals surface area contributed by atoms with E-state index in [-0.39, 0.29) is 11.8 Å². The monoisotopic (exact) mass is 397 g/mol. The van der Waals surface area contributed by atoms with Crippen LogP contribution in [-0.4, -0.2) is 92.5 Å². The molecule has 2 saturated heterocycles. The topological polar surface area (TPSA) is 87.5 Å². The highest BCUT2D eigenvalue weighted by atomic mass is 16.2. The number of hydrogen-bond acceptors (Lipinski definition) is 6. The smallest absolute Gasteiger partial charge is 0.254 e. The van der Waals surface area contributed by atoms with E-state index < -0.39 is 0 Å². The van der Waals surface area contributed by atoms with Crippen molar-refractivity contribution in [3.05, 3.63) is 36.2 Å². The molecule has 0 radical (unpaired) electrons. The van der Waals surface area contributed by atoms with E-state index in [9.17, 15) is 9.59 Å². The molecule has 4 rings (SSSR count). The molecule has 2 aliphatic heterocycles. The van der Waals surface area contributed by atoms with Gasteiger partial charge in [0.1, 0.15) is 6.33 Å². The molecular weight excluding hydrogens is 370 g/mol. The fourth-order valence-electron chi connectivity index (χ4n) is 3.96. The number of rotatable bonds is 4. The third-order valence-corrected chi connectivity index (χ3v) is 5.68. The number of amides is 2. The predicted octanol–water partition coefficient (Wildman–Crippen LogP) is 0.823. The van der Waals surface area contributed by atoms with Gasteiger partial charge in [-0.1, -0.05) is 18.9 Å². The molecule has 0 aliphatic carbocycles. The van der Waals surface area contributed by atoms with Gasteiger partial charge in [-0.05, 0) is 41.5 Å². The van der Waals surface area contributed by atoms with Gasteiger partial charge in [0.25, 0.3) is 5.91 Å². The van der Waals surface area contributed by atoms with E-state index in [1.54, 1.807) is 6.07 Å². The highest BCUT2D eigenvalue weighted by Crippen LogP contribution is 2.14. The molecule has 154 valence electrons. The average molecular weight is 397 g/mol. The van der Waals surface area contributed by atoms with E-state index in [0.29, 0.717) is 25.2 Å². The van der Waals surface area contributed by atoms with Crippen LogP contribution < -0.4 is 0 Å². The van der Waals surface area contributed by atoms with Gasteiger partial charge in [-0.2, -0.15) is 0 Å². The van der Waals surface area contributed by atoms with Crippen molar-refractivity contribution in [2.75, 3.05) is 45.8 Å². The fraction of sp³-hybridized carbons (Fsp3) is 0.550. The minimum atomic E-state index is -0.00146. The highest BCUT2D eigenvalue weighted by Gasteiger charge is 2.25. The first-order valence-electron chi connectivity index (χ1n) is 10.3. The number of tetrazole rings is 1. The number of benzene rings is 1. The van der Waals surface area contributed by atoms with Crippen LogP contribution in [0, 0.1) is 0 Å². The van der Waals surface area contributed by atoms with Crippen molar-refractivity contribution in [1.82, 2.24) is 34.9 Å². The Balaban J connectivity index is 1.31. The van der Waals surface area contributed by atoms with Crippen molar-refractivity contribution in [2.24, 2.45) is 0 Å². The zero-order valence-electron chi connectivity index (χ0n) is 16.6. The maximum atomic E-state index is 12.9. The Hall–Kier alpha value is -2.81.